The number of ether oxygens (including phenoxy) is 1. The lowest BCUT2D eigenvalue weighted by Gasteiger charge is -2.36. The minimum atomic E-state index is 0.474. The number of likely N-dealkylation sites (tertiary alicyclic amines) is 1. The molecule has 0 aromatic rings. The molecule has 0 amide bonds. The topological polar surface area (TPSA) is 24.5 Å². The maximum Gasteiger partial charge on any atom is 0.0710 e. The van der Waals surface area contributed by atoms with E-state index in [4.69, 9.17) is 4.74 Å². The lowest BCUT2D eigenvalue weighted by molar-refractivity contribution is 0.0926. The second-order valence-corrected chi connectivity index (χ2v) is 6.33. The Balaban J connectivity index is 1.92. The summed E-state index contributed by atoms with van der Waals surface area (Å²) < 4.78 is 5.49. The third-order valence-electron chi connectivity index (χ3n) is 4.84. The summed E-state index contributed by atoms with van der Waals surface area (Å²) in [6.45, 7) is 4.82. The van der Waals surface area contributed by atoms with Crippen LogP contribution in [-0.2, 0) is 4.74 Å². The van der Waals surface area contributed by atoms with E-state index in [0.29, 0.717) is 11.5 Å². The minimum Gasteiger partial charge on any atom is -0.380 e. The molecule has 2 rings (SSSR count). The van der Waals surface area contributed by atoms with Gasteiger partial charge in [0.25, 0.3) is 0 Å². The summed E-state index contributed by atoms with van der Waals surface area (Å²) in [4.78, 5) is 2.64. The van der Waals surface area contributed by atoms with Gasteiger partial charge in [0.2, 0.25) is 0 Å². The Labute approximate surface area is 112 Å². The average molecular weight is 254 g/mol. The van der Waals surface area contributed by atoms with Gasteiger partial charge < -0.3 is 15.0 Å². The third-order valence-corrected chi connectivity index (χ3v) is 4.84. The second kappa shape index (κ2) is 6.88. The number of nitrogens with zero attached hydrogens (tertiary/aromatic N) is 1. The fraction of sp³-hybridized carbons (Fsp3) is 1.00. The Morgan fingerprint density at radius 1 is 1.22 bits per heavy atom. The molecule has 3 nitrogen and oxygen atoms in total. The van der Waals surface area contributed by atoms with Crippen molar-refractivity contribution in [3.8, 4) is 0 Å². The molecule has 18 heavy (non-hydrogen) atoms. The van der Waals surface area contributed by atoms with E-state index >= 15 is 0 Å². The van der Waals surface area contributed by atoms with Crippen molar-refractivity contribution >= 4 is 0 Å². The Morgan fingerprint density at radius 2 is 1.94 bits per heavy atom. The van der Waals surface area contributed by atoms with Crippen LogP contribution in [-0.4, -0.2) is 51.3 Å². The van der Waals surface area contributed by atoms with E-state index in [0.717, 1.165) is 6.54 Å². The highest BCUT2D eigenvalue weighted by molar-refractivity contribution is 4.89. The van der Waals surface area contributed by atoms with Crippen molar-refractivity contribution in [3.05, 3.63) is 0 Å². The average Bonchev–Trinajstić information content (AvgIpc) is 2.69. The Kier molecular flexibility index (Phi) is 5.46. The zero-order valence-electron chi connectivity index (χ0n) is 12.2. The standard InChI is InChI=1S/C15H30N2O/c1-16-12-15(8-5-3-4-6-9-15)13-17-10-7-14(11-17)18-2/h14,16H,3-13H2,1-2H3. The van der Waals surface area contributed by atoms with E-state index in [1.165, 1.54) is 64.6 Å². The van der Waals surface area contributed by atoms with Crippen LogP contribution in [0, 0.1) is 5.41 Å². The zero-order valence-corrected chi connectivity index (χ0v) is 12.2. The smallest absolute Gasteiger partial charge is 0.0710 e. The van der Waals surface area contributed by atoms with Crippen LogP contribution in [0.5, 0.6) is 0 Å². The lowest BCUT2D eigenvalue weighted by Crippen LogP contribution is -2.43. The van der Waals surface area contributed by atoms with E-state index in [2.05, 4.69) is 17.3 Å². The molecule has 1 saturated carbocycles. The van der Waals surface area contributed by atoms with E-state index in [1.54, 1.807) is 0 Å². The van der Waals surface area contributed by atoms with Gasteiger partial charge in [-0.3, -0.25) is 0 Å². The predicted molar refractivity (Wildman–Crippen MR) is 75.9 cm³/mol. The number of rotatable bonds is 5. The number of methoxy groups -OCH3 is 1. The molecular formula is C15H30N2O. The SMILES string of the molecule is CNCC1(CN2CCC(OC)C2)CCCCCC1. The molecule has 1 N–H and O–H groups in total. The Bertz CT molecular complexity index is 237. The molecule has 1 heterocycles. The van der Waals surface area contributed by atoms with Gasteiger partial charge in [-0.05, 0) is 31.7 Å². The summed E-state index contributed by atoms with van der Waals surface area (Å²) in [5.74, 6) is 0. The van der Waals surface area contributed by atoms with Gasteiger partial charge in [0.1, 0.15) is 0 Å². The first-order chi connectivity index (χ1) is 8.78. The normalized spacial score (nSPS) is 29.3. The van der Waals surface area contributed by atoms with Crippen molar-refractivity contribution in [1.82, 2.24) is 10.2 Å². The first-order valence-electron chi connectivity index (χ1n) is 7.68. The highest BCUT2D eigenvalue weighted by Gasteiger charge is 2.34. The molecule has 0 aromatic carbocycles. The lowest BCUT2D eigenvalue weighted by atomic mass is 9.79. The highest BCUT2D eigenvalue weighted by atomic mass is 16.5. The van der Waals surface area contributed by atoms with Crippen molar-refractivity contribution in [2.45, 2.75) is 51.0 Å². The van der Waals surface area contributed by atoms with Gasteiger partial charge in [-0.2, -0.15) is 0 Å². The van der Waals surface area contributed by atoms with Crippen LogP contribution in [0.1, 0.15) is 44.9 Å². The largest absolute Gasteiger partial charge is 0.380 e. The molecule has 2 fully saturated rings. The van der Waals surface area contributed by atoms with Crippen LogP contribution in [0.2, 0.25) is 0 Å². The van der Waals surface area contributed by atoms with Crippen molar-refractivity contribution in [3.63, 3.8) is 0 Å². The monoisotopic (exact) mass is 254 g/mol. The molecular weight excluding hydrogens is 224 g/mol. The van der Waals surface area contributed by atoms with Gasteiger partial charge in [-0.25, -0.2) is 0 Å². The molecule has 1 saturated heterocycles. The number of hydrogen-bond acceptors (Lipinski definition) is 3. The summed E-state index contributed by atoms with van der Waals surface area (Å²) in [7, 11) is 3.96. The van der Waals surface area contributed by atoms with Crippen LogP contribution >= 0.6 is 0 Å². The Morgan fingerprint density at radius 3 is 2.50 bits per heavy atom. The molecule has 3 heteroatoms. The first-order valence-corrected chi connectivity index (χ1v) is 7.68. The van der Waals surface area contributed by atoms with Crippen LogP contribution in [0.15, 0.2) is 0 Å². The van der Waals surface area contributed by atoms with Gasteiger partial charge in [0.05, 0.1) is 6.10 Å². The van der Waals surface area contributed by atoms with Gasteiger partial charge in [-0.15, -0.1) is 0 Å². The fourth-order valence-corrected chi connectivity index (χ4v) is 3.85. The molecule has 1 aliphatic heterocycles. The molecule has 0 spiro atoms. The van der Waals surface area contributed by atoms with Crippen molar-refractivity contribution in [2.24, 2.45) is 5.41 Å². The first kappa shape index (κ1) is 14.3. The quantitative estimate of drug-likeness (QED) is 0.762. The summed E-state index contributed by atoms with van der Waals surface area (Å²) in [6, 6.07) is 0. The van der Waals surface area contributed by atoms with Crippen LogP contribution in [0.4, 0.5) is 0 Å². The van der Waals surface area contributed by atoms with Gasteiger partial charge in [0.15, 0.2) is 0 Å². The van der Waals surface area contributed by atoms with E-state index in [9.17, 15) is 0 Å². The van der Waals surface area contributed by atoms with Crippen molar-refractivity contribution < 1.29 is 4.74 Å². The minimum absolute atomic E-state index is 0.474. The number of nitrogens with one attached hydrogen (secondary N) is 1. The molecule has 0 radical (unpaired) electrons. The van der Waals surface area contributed by atoms with Gasteiger partial charge in [0, 0.05) is 33.3 Å². The van der Waals surface area contributed by atoms with E-state index < -0.39 is 0 Å². The van der Waals surface area contributed by atoms with E-state index in [-0.39, 0.29) is 0 Å². The third kappa shape index (κ3) is 3.69. The van der Waals surface area contributed by atoms with Crippen molar-refractivity contribution in [2.75, 3.05) is 40.3 Å². The summed E-state index contributed by atoms with van der Waals surface area (Å²) >= 11 is 0. The molecule has 1 atom stereocenters. The molecule has 1 unspecified atom stereocenters. The molecule has 1 aliphatic carbocycles. The summed E-state index contributed by atoms with van der Waals surface area (Å²) in [5, 5.41) is 3.45. The van der Waals surface area contributed by atoms with E-state index in [1.807, 2.05) is 7.11 Å². The molecule has 106 valence electrons. The summed E-state index contributed by atoms with van der Waals surface area (Å²) in [5.41, 5.74) is 0.522. The van der Waals surface area contributed by atoms with Gasteiger partial charge >= 0.3 is 0 Å². The second-order valence-electron chi connectivity index (χ2n) is 6.33. The zero-order chi connectivity index (χ0) is 12.8. The van der Waals surface area contributed by atoms with Crippen molar-refractivity contribution in [1.29, 1.82) is 0 Å². The fourth-order valence-electron chi connectivity index (χ4n) is 3.85. The van der Waals surface area contributed by atoms with Gasteiger partial charge in [-0.1, -0.05) is 25.7 Å². The van der Waals surface area contributed by atoms with Crippen LogP contribution in [0.25, 0.3) is 0 Å². The van der Waals surface area contributed by atoms with Crippen LogP contribution in [0.3, 0.4) is 0 Å². The highest BCUT2D eigenvalue weighted by Crippen LogP contribution is 2.36. The number of hydrogen-bond donors (Lipinski definition) is 1. The molecule has 2 aliphatic rings. The van der Waals surface area contributed by atoms with Crippen LogP contribution < -0.4 is 5.32 Å². The molecule has 0 aromatic heterocycles. The predicted octanol–water partition coefficient (Wildman–Crippen LogP) is 2.27. The maximum absolute atomic E-state index is 5.49. The molecule has 0 bridgehead atoms. The maximum atomic E-state index is 5.49. The Hall–Kier alpha value is -0.120. The summed E-state index contributed by atoms with van der Waals surface area (Å²) in [6.07, 6.45) is 10.2.